The van der Waals surface area contributed by atoms with Crippen molar-refractivity contribution >= 4 is 34.8 Å². The number of rotatable bonds is 4. The van der Waals surface area contributed by atoms with Crippen molar-refractivity contribution in [2.75, 3.05) is 7.11 Å². The van der Waals surface area contributed by atoms with Gasteiger partial charge in [0.05, 0.1) is 12.5 Å². The predicted molar refractivity (Wildman–Crippen MR) is 81.8 cm³/mol. The Kier molecular flexibility index (Phi) is 4.98. The van der Waals surface area contributed by atoms with Gasteiger partial charge in [0, 0.05) is 15.6 Å². The molecule has 0 bridgehead atoms. The van der Waals surface area contributed by atoms with Gasteiger partial charge >= 0.3 is 0 Å². The highest BCUT2D eigenvalue weighted by Crippen LogP contribution is 2.34. The lowest BCUT2D eigenvalue weighted by atomic mass is 10.0. The summed E-state index contributed by atoms with van der Waals surface area (Å²) in [4.78, 5) is 0. The predicted octanol–water partition coefficient (Wildman–Crippen LogP) is 5.52. The molecule has 0 aliphatic carbocycles. The summed E-state index contributed by atoms with van der Waals surface area (Å²) >= 11 is 18.4. The van der Waals surface area contributed by atoms with Crippen LogP contribution in [0.3, 0.4) is 0 Å². The van der Waals surface area contributed by atoms with Gasteiger partial charge in [-0.05, 0) is 36.2 Å². The average Bonchev–Trinajstić information content (AvgIpc) is 2.38. The fourth-order valence-electron chi connectivity index (χ4n) is 1.92. The molecule has 2 aromatic carbocycles. The molecule has 2 aromatic rings. The van der Waals surface area contributed by atoms with Crippen molar-refractivity contribution in [3.63, 3.8) is 0 Å². The molecule has 0 aromatic heterocycles. The third-order valence-electron chi connectivity index (χ3n) is 2.84. The smallest absolute Gasteiger partial charge is 0.125 e. The van der Waals surface area contributed by atoms with E-state index in [1.807, 2.05) is 36.4 Å². The van der Waals surface area contributed by atoms with Crippen molar-refractivity contribution in [1.29, 1.82) is 0 Å². The van der Waals surface area contributed by atoms with E-state index in [-0.39, 0.29) is 5.38 Å². The maximum absolute atomic E-state index is 6.46. The summed E-state index contributed by atoms with van der Waals surface area (Å²) in [5.74, 6) is 0.703. The molecule has 0 aliphatic rings. The van der Waals surface area contributed by atoms with Crippen molar-refractivity contribution in [3.8, 4) is 5.75 Å². The SMILES string of the molecule is COc1cc(Cl)ccc1C(Cl)Cc1cccc(Cl)c1. The lowest BCUT2D eigenvalue weighted by Crippen LogP contribution is -1.99. The van der Waals surface area contributed by atoms with Crippen molar-refractivity contribution in [2.24, 2.45) is 0 Å². The summed E-state index contributed by atoms with van der Waals surface area (Å²) in [7, 11) is 1.61. The Hall–Kier alpha value is -0.890. The van der Waals surface area contributed by atoms with Crippen LogP contribution in [0.5, 0.6) is 5.75 Å². The Morgan fingerprint density at radius 2 is 1.79 bits per heavy atom. The number of hydrogen-bond donors (Lipinski definition) is 0. The Labute approximate surface area is 128 Å². The van der Waals surface area contributed by atoms with Gasteiger partial charge in [-0.25, -0.2) is 0 Å². The molecule has 0 N–H and O–H groups in total. The quantitative estimate of drug-likeness (QED) is 0.675. The Morgan fingerprint density at radius 3 is 2.47 bits per heavy atom. The lowest BCUT2D eigenvalue weighted by Gasteiger charge is -2.14. The summed E-state index contributed by atoms with van der Waals surface area (Å²) in [5.41, 5.74) is 2.01. The zero-order valence-corrected chi connectivity index (χ0v) is 12.6. The minimum Gasteiger partial charge on any atom is -0.496 e. The molecule has 1 unspecified atom stereocenters. The second-order valence-electron chi connectivity index (χ2n) is 4.19. The van der Waals surface area contributed by atoms with Crippen LogP contribution in [0.25, 0.3) is 0 Å². The molecule has 0 aliphatic heterocycles. The van der Waals surface area contributed by atoms with Crippen LogP contribution in [0.2, 0.25) is 10.0 Å². The van der Waals surface area contributed by atoms with E-state index < -0.39 is 0 Å². The van der Waals surface area contributed by atoms with Crippen molar-refractivity contribution in [3.05, 3.63) is 63.6 Å². The normalized spacial score (nSPS) is 12.2. The van der Waals surface area contributed by atoms with Crippen LogP contribution in [0.15, 0.2) is 42.5 Å². The molecule has 0 saturated heterocycles. The van der Waals surface area contributed by atoms with Gasteiger partial charge in [-0.15, -0.1) is 11.6 Å². The number of hydrogen-bond acceptors (Lipinski definition) is 1. The molecule has 100 valence electrons. The monoisotopic (exact) mass is 314 g/mol. The Balaban J connectivity index is 2.22. The third kappa shape index (κ3) is 3.79. The number of halogens is 3. The second-order valence-corrected chi connectivity index (χ2v) is 5.59. The van der Waals surface area contributed by atoms with E-state index in [2.05, 4.69) is 0 Å². The summed E-state index contributed by atoms with van der Waals surface area (Å²) in [5, 5.41) is 1.15. The molecule has 0 spiro atoms. The maximum Gasteiger partial charge on any atom is 0.125 e. The van der Waals surface area contributed by atoms with Crippen molar-refractivity contribution in [1.82, 2.24) is 0 Å². The van der Waals surface area contributed by atoms with Gasteiger partial charge in [-0.3, -0.25) is 0 Å². The minimum absolute atomic E-state index is 0.189. The van der Waals surface area contributed by atoms with Gasteiger partial charge in [-0.2, -0.15) is 0 Å². The van der Waals surface area contributed by atoms with Gasteiger partial charge in [-0.1, -0.05) is 41.4 Å². The minimum atomic E-state index is -0.189. The number of methoxy groups -OCH3 is 1. The fourth-order valence-corrected chi connectivity index (χ4v) is 2.66. The summed E-state index contributed by atoms with van der Waals surface area (Å²) in [6.45, 7) is 0. The van der Waals surface area contributed by atoms with E-state index in [0.29, 0.717) is 22.2 Å². The third-order valence-corrected chi connectivity index (χ3v) is 3.70. The van der Waals surface area contributed by atoms with Gasteiger partial charge in [0.2, 0.25) is 0 Å². The van der Waals surface area contributed by atoms with Crippen LogP contribution in [-0.4, -0.2) is 7.11 Å². The number of ether oxygens (including phenoxy) is 1. The molecule has 0 heterocycles. The average molecular weight is 316 g/mol. The first-order valence-corrected chi connectivity index (χ1v) is 7.01. The van der Waals surface area contributed by atoms with Gasteiger partial charge in [0.15, 0.2) is 0 Å². The maximum atomic E-state index is 6.46. The molecule has 0 saturated carbocycles. The van der Waals surface area contributed by atoms with Crippen LogP contribution in [0.4, 0.5) is 0 Å². The van der Waals surface area contributed by atoms with Gasteiger partial charge < -0.3 is 4.74 Å². The van der Waals surface area contributed by atoms with E-state index in [1.165, 1.54) is 0 Å². The summed E-state index contributed by atoms with van der Waals surface area (Å²) < 4.78 is 5.31. The van der Waals surface area contributed by atoms with Crippen molar-refractivity contribution in [2.45, 2.75) is 11.8 Å². The van der Waals surface area contributed by atoms with Crippen LogP contribution in [0, 0.1) is 0 Å². The molecule has 1 nitrogen and oxygen atoms in total. The lowest BCUT2D eigenvalue weighted by molar-refractivity contribution is 0.409. The molecule has 2 rings (SSSR count). The number of alkyl halides is 1. The van der Waals surface area contributed by atoms with E-state index in [9.17, 15) is 0 Å². The fraction of sp³-hybridized carbons (Fsp3) is 0.200. The molecule has 4 heteroatoms. The molecule has 0 fully saturated rings. The largest absolute Gasteiger partial charge is 0.496 e. The molecule has 0 radical (unpaired) electrons. The first-order valence-electron chi connectivity index (χ1n) is 5.82. The van der Waals surface area contributed by atoms with E-state index in [0.717, 1.165) is 11.1 Å². The highest BCUT2D eigenvalue weighted by Gasteiger charge is 2.14. The van der Waals surface area contributed by atoms with Crippen LogP contribution in [0.1, 0.15) is 16.5 Å². The van der Waals surface area contributed by atoms with Crippen LogP contribution >= 0.6 is 34.8 Å². The molecule has 19 heavy (non-hydrogen) atoms. The van der Waals surface area contributed by atoms with E-state index in [4.69, 9.17) is 39.5 Å². The highest BCUT2D eigenvalue weighted by atomic mass is 35.5. The summed E-state index contributed by atoms with van der Waals surface area (Å²) in [6.07, 6.45) is 0.681. The van der Waals surface area contributed by atoms with E-state index in [1.54, 1.807) is 13.2 Å². The molecular formula is C15H13Cl3O. The first kappa shape index (κ1) is 14.5. The first-order chi connectivity index (χ1) is 9.10. The zero-order valence-electron chi connectivity index (χ0n) is 10.4. The Bertz CT molecular complexity index is 569. The highest BCUT2D eigenvalue weighted by molar-refractivity contribution is 6.31. The number of benzene rings is 2. The molecule has 1 atom stereocenters. The standard InChI is InChI=1S/C15H13Cl3O/c1-19-15-9-12(17)5-6-13(15)14(18)8-10-3-2-4-11(16)7-10/h2-7,9,14H,8H2,1H3. The zero-order chi connectivity index (χ0) is 13.8. The van der Waals surface area contributed by atoms with Gasteiger partial charge in [0.25, 0.3) is 0 Å². The Morgan fingerprint density at radius 1 is 1.05 bits per heavy atom. The van der Waals surface area contributed by atoms with Crippen LogP contribution in [-0.2, 0) is 6.42 Å². The van der Waals surface area contributed by atoms with Gasteiger partial charge in [0.1, 0.15) is 5.75 Å². The summed E-state index contributed by atoms with van der Waals surface area (Å²) in [6, 6.07) is 13.2. The van der Waals surface area contributed by atoms with Crippen LogP contribution < -0.4 is 4.74 Å². The molecular weight excluding hydrogens is 303 g/mol. The molecule has 0 amide bonds. The van der Waals surface area contributed by atoms with E-state index >= 15 is 0 Å². The topological polar surface area (TPSA) is 9.23 Å². The van der Waals surface area contributed by atoms with Crippen molar-refractivity contribution < 1.29 is 4.74 Å². The second kappa shape index (κ2) is 6.51.